The highest BCUT2D eigenvalue weighted by Crippen LogP contribution is 2.39. The number of nitrogens with two attached hydrogens (primary N) is 2. The molecule has 1 heterocycles. The number of hydrogen-bond acceptors (Lipinski definition) is 4. The van der Waals surface area contributed by atoms with E-state index >= 15 is 0 Å². The number of halogens is 2. The van der Waals surface area contributed by atoms with Crippen LogP contribution in [0.4, 0.5) is 10.1 Å². The van der Waals surface area contributed by atoms with E-state index in [1.165, 1.54) is 0 Å². The Balaban J connectivity index is 0.00000264. The number of hydrogen-bond donors (Lipinski definition) is 2. The summed E-state index contributed by atoms with van der Waals surface area (Å²) < 4.78 is 18.9. The Hall–Kier alpha value is -1.79. The van der Waals surface area contributed by atoms with Crippen LogP contribution < -0.4 is 21.1 Å². The van der Waals surface area contributed by atoms with Crippen LogP contribution in [0, 0.1) is 0 Å². The summed E-state index contributed by atoms with van der Waals surface area (Å²) in [6.07, 6.45) is 0.0509. The van der Waals surface area contributed by atoms with Gasteiger partial charge in [-0.25, -0.2) is 4.39 Å². The minimum atomic E-state index is -0.495. The molecule has 0 spiro atoms. The summed E-state index contributed by atoms with van der Waals surface area (Å²) in [6.45, 7) is 6.66. The third-order valence-electron chi connectivity index (χ3n) is 3.75. The van der Waals surface area contributed by atoms with Crippen LogP contribution in [0.5, 0.6) is 5.75 Å². The normalized spacial score (nSPS) is 17.9. The largest absolute Gasteiger partial charge is 0.482 e. The molecule has 0 fully saturated rings. The Kier molecular flexibility index (Phi) is 6.02. The number of anilines is 1. The third kappa shape index (κ3) is 3.95. The second-order valence-corrected chi connectivity index (χ2v) is 6.32. The van der Waals surface area contributed by atoms with Crippen molar-refractivity contribution in [3.63, 3.8) is 0 Å². The summed E-state index contributed by atoms with van der Waals surface area (Å²) in [5, 5.41) is 0. The van der Waals surface area contributed by atoms with E-state index in [0.717, 1.165) is 5.69 Å². The lowest BCUT2D eigenvalue weighted by atomic mass is 9.98. The van der Waals surface area contributed by atoms with Crippen LogP contribution in [-0.2, 0) is 0 Å². The summed E-state index contributed by atoms with van der Waals surface area (Å²) in [6, 6.07) is 5.00. The number of carbonyl (C=O) groups is 1. The Morgan fingerprint density at radius 3 is 2.61 bits per heavy atom. The molecule has 1 atom stereocenters. The number of nitrogens with zero attached hydrogens (tertiary/aromatic N) is 1. The molecule has 0 aliphatic carbocycles. The van der Waals surface area contributed by atoms with E-state index in [9.17, 15) is 9.18 Å². The summed E-state index contributed by atoms with van der Waals surface area (Å²) in [7, 11) is 0. The number of carbonyl (C=O) groups excluding carboxylic acids is 1. The number of fused-ring (bicyclic) bond motifs is 1. The monoisotopic (exact) mass is 343 g/mol. The number of benzene rings is 1. The maximum Gasteiger partial charge on any atom is 0.248 e. The highest BCUT2D eigenvalue weighted by Gasteiger charge is 2.34. The smallest absolute Gasteiger partial charge is 0.248 e. The maximum absolute atomic E-state index is 13.0. The van der Waals surface area contributed by atoms with Gasteiger partial charge in [-0.3, -0.25) is 4.79 Å². The van der Waals surface area contributed by atoms with Gasteiger partial charge in [0.15, 0.2) is 0 Å². The molecule has 1 unspecified atom stereocenters. The molecule has 1 aliphatic rings. The zero-order valence-electron chi connectivity index (χ0n) is 13.5. The van der Waals surface area contributed by atoms with Gasteiger partial charge in [0.25, 0.3) is 0 Å². The van der Waals surface area contributed by atoms with Crippen LogP contribution in [0.2, 0.25) is 0 Å². The average Bonchev–Trinajstić information content (AvgIpc) is 2.46. The van der Waals surface area contributed by atoms with Crippen molar-refractivity contribution in [1.82, 2.24) is 0 Å². The predicted molar refractivity (Wildman–Crippen MR) is 92.0 cm³/mol. The van der Waals surface area contributed by atoms with Crippen molar-refractivity contribution in [3.05, 3.63) is 35.7 Å². The molecule has 0 saturated carbocycles. The molecule has 128 valence electrons. The number of rotatable bonds is 3. The second kappa shape index (κ2) is 7.19. The van der Waals surface area contributed by atoms with Crippen molar-refractivity contribution in [1.29, 1.82) is 0 Å². The summed E-state index contributed by atoms with van der Waals surface area (Å²) >= 11 is 0. The van der Waals surface area contributed by atoms with E-state index in [1.54, 1.807) is 18.2 Å². The van der Waals surface area contributed by atoms with Crippen LogP contribution in [0.25, 0.3) is 0 Å². The third-order valence-corrected chi connectivity index (χ3v) is 3.75. The standard InChI is InChI=1S/C16H22FN3O2.ClH/c1-16(2,3)20-9-14(11(7-17)8-18)22-13-5-4-10(15(19)21)6-12(13)20;/h4-7,14H,8-9,18H2,1-3H3,(H2,19,21);1H. The molecule has 2 rings (SSSR count). The van der Waals surface area contributed by atoms with Gasteiger partial charge in [0, 0.05) is 23.2 Å². The van der Waals surface area contributed by atoms with Crippen LogP contribution in [0.3, 0.4) is 0 Å². The molecule has 0 aromatic heterocycles. The second-order valence-electron chi connectivity index (χ2n) is 6.32. The topological polar surface area (TPSA) is 81.6 Å². The van der Waals surface area contributed by atoms with Gasteiger partial charge in [-0.2, -0.15) is 0 Å². The summed E-state index contributed by atoms with van der Waals surface area (Å²) in [5.41, 5.74) is 12.3. The summed E-state index contributed by atoms with van der Waals surface area (Å²) in [5.74, 6) is 0.0917. The molecule has 0 bridgehead atoms. The minimum absolute atomic E-state index is 0. The predicted octanol–water partition coefficient (Wildman–Crippen LogP) is 2.39. The first-order valence-corrected chi connectivity index (χ1v) is 7.15. The van der Waals surface area contributed by atoms with Gasteiger partial charge in [-0.05, 0) is 39.0 Å². The van der Waals surface area contributed by atoms with Gasteiger partial charge >= 0.3 is 0 Å². The number of primary amides is 1. The van der Waals surface area contributed by atoms with Crippen LogP contribution in [0.1, 0.15) is 31.1 Å². The lowest BCUT2D eigenvalue weighted by Gasteiger charge is -2.44. The zero-order chi connectivity index (χ0) is 16.5. The van der Waals surface area contributed by atoms with Crippen molar-refractivity contribution in [3.8, 4) is 5.75 Å². The lowest BCUT2D eigenvalue weighted by molar-refractivity contribution is 0.1000. The van der Waals surface area contributed by atoms with Crippen molar-refractivity contribution in [2.45, 2.75) is 32.4 Å². The molecule has 1 aliphatic heterocycles. The van der Waals surface area contributed by atoms with E-state index in [4.69, 9.17) is 16.2 Å². The Labute approximate surface area is 141 Å². The van der Waals surface area contributed by atoms with Crippen LogP contribution in [-0.4, -0.2) is 30.6 Å². The average molecular weight is 344 g/mol. The number of ether oxygens (including phenoxy) is 1. The lowest BCUT2D eigenvalue weighted by Crippen LogP contribution is -2.51. The van der Waals surface area contributed by atoms with E-state index in [-0.39, 0.29) is 24.5 Å². The Morgan fingerprint density at radius 2 is 2.13 bits per heavy atom. The van der Waals surface area contributed by atoms with Gasteiger partial charge in [0.1, 0.15) is 11.9 Å². The first kappa shape index (κ1) is 19.3. The van der Waals surface area contributed by atoms with E-state index < -0.39 is 12.0 Å². The Morgan fingerprint density at radius 1 is 1.48 bits per heavy atom. The van der Waals surface area contributed by atoms with Gasteiger partial charge in [-0.1, -0.05) is 0 Å². The highest BCUT2D eigenvalue weighted by molar-refractivity contribution is 5.94. The molecule has 4 N–H and O–H groups in total. The van der Waals surface area contributed by atoms with Gasteiger partial charge < -0.3 is 21.1 Å². The fourth-order valence-electron chi connectivity index (χ4n) is 2.51. The van der Waals surface area contributed by atoms with Crippen molar-refractivity contribution >= 4 is 24.0 Å². The molecule has 0 radical (unpaired) electrons. The molecule has 7 heteroatoms. The maximum atomic E-state index is 13.0. The van der Waals surface area contributed by atoms with Gasteiger partial charge in [0.2, 0.25) is 5.91 Å². The minimum Gasteiger partial charge on any atom is -0.482 e. The Bertz CT molecular complexity index is 614. The van der Waals surface area contributed by atoms with Gasteiger partial charge in [-0.15, -0.1) is 12.4 Å². The van der Waals surface area contributed by atoms with E-state index in [0.29, 0.717) is 29.8 Å². The van der Waals surface area contributed by atoms with Crippen molar-refractivity contribution in [2.24, 2.45) is 11.5 Å². The summed E-state index contributed by atoms with van der Waals surface area (Å²) in [4.78, 5) is 13.5. The van der Waals surface area contributed by atoms with Crippen molar-refractivity contribution < 1.29 is 13.9 Å². The number of amides is 1. The molecule has 1 amide bonds. The fourth-order valence-corrected chi connectivity index (χ4v) is 2.51. The van der Waals surface area contributed by atoms with Crippen LogP contribution >= 0.6 is 12.4 Å². The first-order chi connectivity index (χ1) is 10.3. The molecular weight excluding hydrogens is 321 g/mol. The molecule has 23 heavy (non-hydrogen) atoms. The van der Waals surface area contributed by atoms with Gasteiger partial charge in [0.05, 0.1) is 18.6 Å². The van der Waals surface area contributed by atoms with E-state index in [2.05, 4.69) is 4.90 Å². The molecule has 0 saturated heterocycles. The quantitative estimate of drug-likeness (QED) is 0.882. The van der Waals surface area contributed by atoms with Crippen LogP contribution in [0.15, 0.2) is 30.1 Å². The van der Waals surface area contributed by atoms with E-state index in [1.807, 2.05) is 20.8 Å². The molecule has 1 aromatic carbocycles. The fraction of sp³-hybridized carbons (Fsp3) is 0.438. The molecule has 1 aromatic rings. The molecular formula is C16H23ClFN3O2. The zero-order valence-corrected chi connectivity index (χ0v) is 14.3. The van der Waals surface area contributed by atoms with Crippen molar-refractivity contribution in [2.75, 3.05) is 18.0 Å². The first-order valence-electron chi connectivity index (χ1n) is 7.15. The SMILES string of the molecule is CC(C)(C)N1CC(C(=CF)CN)Oc2ccc(C(N)=O)cc21.Cl. The molecule has 5 nitrogen and oxygen atoms in total. The highest BCUT2D eigenvalue weighted by atomic mass is 35.5.